The van der Waals surface area contributed by atoms with Crippen LogP contribution >= 0.6 is 0 Å². The molecule has 2 aliphatic rings. The number of allylic oxidation sites excluding steroid dienone is 4. The highest BCUT2D eigenvalue weighted by Crippen LogP contribution is 2.32. The third-order valence-corrected chi connectivity index (χ3v) is 6.16. The summed E-state index contributed by atoms with van der Waals surface area (Å²) in [6, 6.07) is 3.48. The van der Waals surface area contributed by atoms with Gasteiger partial charge in [-0.3, -0.25) is 0 Å². The van der Waals surface area contributed by atoms with Crippen molar-refractivity contribution in [2.24, 2.45) is 11.0 Å². The molecule has 5 heteroatoms. The maximum Gasteiger partial charge on any atom is 0.185 e. The molecule has 1 N–H and O–H groups in total. The lowest BCUT2D eigenvalue weighted by Gasteiger charge is -2.45. The number of rotatable bonds is 4. The quantitative estimate of drug-likeness (QED) is 0.476. The van der Waals surface area contributed by atoms with Crippen LogP contribution in [0.25, 0.3) is 0 Å². The first-order valence-corrected chi connectivity index (χ1v) is 12.5. The smallest absolute Gasteiger partial charge is 0.185 e. The molecule has 189 valence electrons. The highest BCUT2D eigenvalue weighted by atomic mass is 19.1. The lowest BCUT2D eigenvalue weighted by atomic mass is 9.62. The van der Waals surface area contributed by atoms with Crippen LogP contribution in [0, 0.1) is 18.7 Å². The van der Waals surface area contributed by atoms with Gasteiger partial charge in [-0.25, -0.2) is 9.40 Å². The summed E-state index contributed by atoms with van der Waals surface area (Å²) in [4.78, 5) is 0. The standard InChI is InChI=1S/C20H23BFN2.C10H21N/c1-12(2)11-24-16(7)14(5)8-20(23-24)17-9-18(21-13(3)4)15(6)19(22)10-17;1-8-6-9(2,3)11-10(4,5)7-8/h8-11H,3,7H2,1-2,4-6H3;8,11H,6-7H2,1-5H3. The Morgan fingerprint density at radius 1 is 1.14 bits per heavy atom. The molecular formula is C30H44BFN3. The van der Waals surface area contributed by atoms with Crippen molar-refractivity contribution < 1.29 is 4.39 Å². The van der Waals surface area contributed by atoms with E-state index in [2.05, 4.69) is 58.2 Å². The van der Waals surface area contributed by atoms with Gasteiger partial charge in [0.05, 0.1) is 11.4 Å². The first kappa shape index (κ1) is 28.8. The van der Waals surface area contributed by atoms with E-state index in [1.807, 2.05) is 53.3 Å². The summed E-state index contributed by atoms with van der Waals surface area (Å²) in [5.41, 5.74) is 7.38. The molecule has 0 saturated carbocycles. The van der Waals surface area contributed by atoms with E-state index in [0.717, 1.165) is 39.3 Å². The molecule has 1 radical (unpaired) electrons. The third-order valence-electron chi connectivity index (χ3n) is 6.16. The van der Waals surface area contributed by atoms with E-state index in [9.17, 15) is 4.39 Å². The largest absolute Gasteiger partial charge is 0.307 e. The lowest BCUT2D eigenvalue weighted by molar-refractivity contribution is 0.138. The summed E-state index contributed by atoms with van der Waals surface area (Å²) in [6.07, 6.45) is 6.46. The Kier molecular flexibility index (Phi) is 9.16. The zero-order valence-corrected chi connectivity index (χ0v) is 23.6. The van der Waals surface area contributed by atoms with E-state index >= 15 is 0 Å². The van der Waals surface area contributed by atoms with E-state index in [1.54, 1.807) is 11.9 Å². The van der Waals surface area contributed by atoms with Gasteiger partial charge in [0.25, 0.3) is 0 Å². The molecule has 0 bridgehead atoms. The van der Waals surface area contributed by atoms with Crippen molar-refractivity contribution >= 4 is 18.5 Å². The highest BCUT2D eigenvalue weighted by Gasteiger charge is 2.35. The molecule has 0 aliphatic carbocycles. The van der Waals surface area contributed by atoms with Crippen molar-refractivity contribution in [1.82, 2.24) is 10.3 Å². The molecule has 1 aromatic carbocycles. The van der Waals surface area contributed by atoms with E-state index < -0.39 is 0 Å². The molecule has 0 unspecified atom stereocenters. The van der Waals surface area contributed by atoms with Crippen molar-refractivity contribution in [3.63, 3.8) is 0 Å². The van der Waals surface area contributed by atoms with Crippen molar-refractivity contribution in [3.05, 3.63) is 76.8 Å². The monoisotopic (exact) mass is 476 g/mol. The first-order valence-electron chi connectivity index (χ1n) is 12.5. The Morgan fingerprint density at radius 2 is 1.71 bits per heavy atom. The van der Waals surface area contributed by atoms with Crippen LogP contribution in [-0.4, -0.2) is 29.1 Å². The van der Waals surface area contributed by atoms with Crippen molar-refractivity contribution in [2.45, 2.75) is 93.2 Å². The second-order valence-corrected chi connectivity index (χ2v) is 11.9. The molecule has 35 heavy (non-hydrogen) atoms. The Labute approximate surface area is 214 Å². The van der Waals surface area contributed by atoms with Crippen LogP contribution in [0.4, 0.5) is 4.39 Å². The fourth-order valence-electron chi connectivity index (χ4n) is 5.26. The molecule has 0 amide bonds. The summed E-state index contributed by atoms with van der Waals surface area (Å²) in [5, 5.41) is 10.0. The van der Waals surface area contributed by atoms with Crippen LogP contribution in [0.3, 0.4) is 0 Å². The maximum absolute atomic E-state index is 14.4. The molecule has 0 spiro atoms. The van der Waals surface area contributed by atoms with Crippen LogP contribution < -0.4 is 10.8 Å². The van der Waals surface area contributed by atoms with Crippen molar-refractivity contribution in [3.8, 4) is 0 Å². The normalized spacial score (nSPS) is 19.2. The Balaban J connectivity index is 0.000000328. The Bertz CT molecular complexity index is 1060. The van der Waals surface area contributed by atoms with E-state index in [0.29, 0.717) is 22.4 Å². The number of hydrogen-bond donors (Lipinski definition) is 1. The SMILES string of the molecule is C=C(C)[B]c1cc(C2=NN(C=C(C)C)C(=C)C(C)=C2)cc(F)c1C.CC1CC(C)(C)NC(C)(C)C1. The molecule has 1 saturated heterocycles. The van der Waals surface area contributed by atoms with Gasteiger partial charge in [-0.05, 0) is 97.4 Å². The molecule has 0 aromatic heterocycles. The number of nitrogens with zero attached hydrogens (tertiary/aromatic N) is 2. The fourth-order valence-corrected chi connectivity index (χ4v) is 5.26. The van der Waals surface area contributed by atoms with E-state index in [-0.39, 0.29) is 5.82 Å². The minimum atomic E-state index is -0.244. The predicted molar refractivity (Wildman–Crippen MR) is 152 cm³/mol. The van der Waals surface area contributed by atoms with Crippen LogP contribution in [-0.2, 0) is 0 Å². The van der Waals surface area contributed by atoms with Gasteiger partial charge in [0, 0.05) is 22.8 Å². The van der Waals surface area contributed by atoms with Crippen LogP contribution in [0.1, 0.15) is 86.3 Å². The number of hydrazone groups is 1. The Hall–Kier alpha value is -2.40. The average molecular weight is 477 g/mol. The van der Waals surface area contributed by atoms with Gasteiger partial charge in [0.1, 0.15) is 5.82 Å². The molecule has 1 fully saturated rings. The molecule has 3 rings (SSSR count). The summed E-state index contributed by atoms with van der Waals surface area (Å²) in [7, 11) is 1.88. The van der Waals surface area contributed by atoms with Crippen molar-refractivity contribution in [1.29, 1.82) is 0 Å². The summed E-state index contributed by atoms with van der Waals surface area (Å²) >= 11 is 0. The molecule has 0 atom stereocenters. The van der Waals surface area contributed by atoms with Gasteiger partial charge >= 0.3 is 0 Å². The first-order chi connectivity index (χ1) is 16.0. The highest BCUT2D eigenvalue weighted by molar-refractivity contribution is 6.61. The molecule has 3 nitrogen and oxygen atoms in total. The van der Waals surface area contributed by atoms with Crippen LogP contribution in [0.15, 0.2) is 65.0 Å². The lowest BCUT2D eigenvalue weighted by Crippen LogP contribution is -2.57. The minimum absolute atomic E-state index is 0.244. The van der Waals surface area contributed by atoms with Crippen LogP contribution in [0.5, 0.6) is 0 Å². The molecule has 2 aliphatic heterocycles. The van der Waals surface area contributed by atoms with Gasteiger partial charge in [-0.1, -0.05) is 37.5 Å². The van der Waals surface area contributed by atoms with E-state index in [4.69, 9.17) is 0 Å². The van der Waals surface area contributed by atoms with Gasteiger partial charge in [0.15, 0.2) is 7.28 Å². The van der Waals surface area contributed by atoms with Crippen molar-refractivity contribution in [2.75, 3.05) is 0 Å². The fraction of sp³-hybridized carbons (Fsp3) is 0.500. The molecule has 2 heterocycles. The van der Waals surface area contributed by atoms with Gasteiger partial charge in [-0.2, -0.15) is 5.10 Å². The number of piperidine rings is 1. The topological polar surface area (TPSA) is 27.6 Å². The van der Waals surface area contributed by atoms with E-state index in [1.165, 1.54) is 18.9 Å². The zero-order valence-electron chi connectivity index (χ0n) is 23.6. The third kappa shape index (κ3) is 8.35. The second-order valence-electron chi connectivity index (χ2n) is 11.9. The average Bonchev–Trinajstić information content (AvgIpc) is 2.65. The maximum atomic E-state index is 14.4. The van der Waals surface area contributed by atoms with Gasteiger partial charge in [-0.15, -0.1) is 12.1 Å². The summed E-state index contributed by atoms with van der Waals surface area (Å²) < 4.78 is 14.4. The summed E-state index contributed by atoms with van der Waals surface area (Å²) in [6.45, 7) is 29.1. The summed E-state index contributed by atoms with van der Waals surface area (Å²) in [5.74, 6) is 0.619. The molecule has 1 aromatic rings. The molecular weight excluding hydrogens is 432 g/mol. The zero-order chi connectivity index (χ0) is 26.7. The number of benzene rings is 1. The van der Waals surface area contributed by atoms with Crippen LogP contribution in [0.2, 0.25) is 0 Å². The van der Waals surface area contributed by atoms with Gasteiger partial charge in [0.2, 0.25) is 0 Å². The number of hydrogen-bond acceptors (Lipinski definition) is 3. The minimum Gasteiger partial charge on any atom is -0.307 e. The second kappa shape index (κ2) is 11.1. The predicted octanol–water partition coefficient (Wildman–Crippen LogP) is 6.96. The van der Waals surface area contributed by atoms with Gasteiger partial charge < -0.3 is 5.32 Å². The number of halogens is 1. The number of nitrogens with one attached hydrogen (secondary N) is 1. The Morgan fingerprint density at radius 3 is 2.20 bits per heavy atom.